The van der Waals surface area contributed by atoms with E-state index in [0.717, 1.165) is 6.42 Å². The Morgan fingerprint density at radius 3 is 2.72 bits per heavy atom. The summed E-state index contributed by atoms with van der Waals surface area (Å²) in [7, 11) is 1.22. The van der Waals surface area contributed by atoms with E-state index in [0.29, 0.717) is 23.6 Å². The molecule has 1 aliphatic rings. The van der Waals surface area contributed by atoms with Gasteiger partial charge in [0.2, 0.25) is 0 Å². The number of nitro benzene ring substituents is 1. The summed E-state index contributed by atoms with van der Waals surface area (Å²) in [6, 6.07) is 2.61. The van der Waals surface area contributed by atoms with Crippen LogP contribution in [0.4, 0.5) is 10.5 Å². The minimum atomic E-state index is -0.923. The predicted octanol–water partition coefficient (Wildman–Crippen LogP) is 2.18. The molecule has 0 aromatic heterocycles. The maximum absolute atomic E-state index is 12.2. The number of methoxy groups -OCH3 is 1. The highest BCUT2D eigenvalue weighted by molar-refractivity contribution is 5.95. The zero-order chi connectivity index (χ0) is 18.6. The van der Waals surface area contributed by atoms with Crippen molar-refractivity contribution in [1.82, 2.24) is 10.6 Å². The summed E-state index contributed by atoms with van der Waals surface area (Å²) in [4.78, 5) is 34.6. The van der Waals surface area contributed by atoms with Crippen molar-refractivity contribution >= 4 is 17.7 Å². The first kappa shape index (κ1) is 18.2. The molecule has 0 radical (unpaired) electrons. The molecule has 0 saturated carbocycles. The molecule has 1 aromatic carbocycles. The molecule has 0 saturated heterocycles. The first-order valence-corrected chi connectivity index (χ1v) is 7.66. The van der Waals surface area contributed by atoms with Gasteiger partial charge in [-0.15, -0.1) is 0 Å². The lowest BCUT2D eigenvalue weighted by Crippen LogP contribution is -2.45. The first-order valence-electron chi connectivity index (χ1n) is 7.66. The van der Waals surface area contributed by atoms with E-state index in [1.54, 1.807) is 6.92 Å². The van der Waals surface area contributed by atoms with Crippen LogP contribution >= 0.6 is 0 Å². The number of non-ortho nitro benzene ring substituents is 1. The van der Waals surface area contributed by atoms with Crippen molar-refractivity contribution in [3.05, 3.63) is 45.1 Å². The largest absolute Gasteiger partial charge is 0.493 e. The number of esters is 1. The van der Waals surface area contributed by atoms with E-state index in [9.17, 15) is 19.7 Å². The molecule has 1 atom stereocenters. The monoisotopic (exact) mass is 349 g/mol. The van der Waals surface area contributed by atoms with Crippen molar-refractivity contribution in [2.75, 3.05) is 13.7 Å². The number of urea groups is 1. The van der Waals surface area contributed by atoms with Crippen molar-refractivity contribution < 1.29 is 24.0 Å². The molecule has 2 rings (SSSR count). The van der Waals surface area contributed by atoms with Crippen LogP contribution in [0.2, 0.25) is 0 Å². The molecule has 9 nitrogen and oxygen atoms in total. The fourth-order valence-electron chi connectivity index (χ4n) is 2.53. The number of nitrogens with one attached hydrogen (secondary N) is 2. The molecule has 0 bridgehead atoms. The number of rotatable bonds is 6. The summed E-state index contributed by atoms with van der Waals surface area (Å²) in [5.74, 6) is -0.295. The Morgan fingerprint density at radius 2 is 2.12 bits per heavy atom. The third-order valence-electron chi connectivity index (χ3n) is 3.65. The van der Waals surface area contributed by atoms with E-state index in [-0.39, 0.29) is 11.3 Å². The lowest BCUT2D eigenvalue weighted by molar-refractivity contribution is -0.385. The Labute approximate surface area is 144 Å². The first-order chi connectivity index (χ1) is 11.9. The smallest absolute Gasteiger partial charge is 0.337 e. The van der Waals surface area contributed by atoms with Crippen LogP contribution in [0.15, 0.2) is 29.5 Å². The van der Waals surface area contributed by atoms with Crippen LogP contribution in [0.25, 0.3) is 0 Å². The van der Waals surface area contributed by atoms with Gasteiger partial charge < -0.3 is 20.1 Å². The Hall–Kier alpha value is -3.10. The van der Waals surface area contributed by atoms with Gasteiger partial charge in [-0.2, -0.15) is 0 Å². The Bertz CT molecular complexity index is 743. The van der Waals surface area contributed by atoms with Gasteiger partial charge in [0.1, 0.15) is 5.75 Å². The highest BCUT2D eigenvalue weighted by Gasteiger charge is 2.34. The topological polar surface area (TPSA) is 120 Å². The Balaban J connectivity index is 2.60. The van der Waals surface area contributed by atoms with Crippen LogP contribution in [-0.4, -0.2) is 30.6 Å². The fraction of sp³-hybridized carbons (Fsp3) is 0.375. The van der Waals surface area contributed by atoms with Crippen LogP contribution < -0.4 is 15.4 Å². The number of nitrogens with zero attached hydrogens (tertiary/aromatic N) is 1. The number of amides is 2. The number of hydrogen-bond donors (Lipinski definition) is 2. The maximum atomic E-state index is 12.2. The van der Waals surface area contributed by atoms with Crippen molar-refractivity contribution in [3.8, 4) is 5.75 Å². The average molecular weight is 349 g/mol. The van der Waals surface area contributed by atoms with E-state index in [1.807, 2.05) is 6.92 Å². The molecule has 2 N–H and O–H groups in total. The average Bonchev–Trinajstić information content (AvgIpc) is 2.58. The molecule has 1 aliphatic heterocycles. The van der Waals surface area contributed by atoms with Crippen molar-refractivity contribution in [3.63, 3.8) is 0 Å². The molecule has 0 aliphatic carbocycles. The molecule has 0 unspecified atom stereocenters. The second-order valence-electron chi connectivity index (χ2n) is 5.39. The van der Waals surface area contributed by atoms with Crippen LogP contribution in [0.3, 0.4) is 0 Å². The van der Waals surface area contributed by atoms with Gasteiger partial charge in [0.05, 0.1) is 30.3 Å². The molecule has 2 amide bonds. The number of benzene rings is 1. The molecular weight excluding hydrogens is 330 g/mol. The summed E-state index contributed by atoms with van der Waals surface area (Å²) in [6.07, 6.45) is 0.730. The van der Waals surface area contributed by atoms with Gasteiger partial charge in [-0.3, -0.25) is 10.1 Å². The number of carbonyl (C=O) groups excluding carboxylic acids is 2. The SMILES string of the molecule is CCCOc1ccc([N+](=O)[O-])cc1[C@H]1NC(=O)NC(C)=C1C(=O)OC. The molecule has 9 heteroatoms. The Morgan fingerprint density at radius 1 is 1.40 bits per heavy atom. The minimum absolute atomic E-state index is 0.156. The van der Waals surface area contributed by atoms with E-state index >= 15 is 0 Å². The van der Waals surface area contributed by atoms with E-state index < -0.39 is 23.0 Å². The lowest BCUT2D eigenvalue weighted by atomic mass is 9.94. The van der Waals surface area contributed by atoms with Crippen LogP contribution in [-0.2, 0) is 9.53 Å². The van der Waals surface area contributed by atoms with Crippen LogP contribution in [0.1, 0.15) is 31.9 Å². The molecule has 0 spiro atoms. The molecule has 25 heavy (non-hydrogen) atoms. The fourth-order valence-corrected chi connectivity index (χ4v) is 2.53. The normalized spacial score (nSPS) is 16.8. The summed E-state index contributed by atoms with van der Waals surface area (Å²) in [5.41, 5.74) is 0.614. The van der Waals surface area contributed by atoms with Crippen LogP contribution in [0.5, 0.6) is 5.75 Å². The van der Waals surface area contributed by atoms with Crippen LogP contribution in [0, 0.1) is 10.1 Å². The summed E-state index contributed by atoms with van der Waals surface area (Å²) in [6.45, 7) is 3.86. The standard InChI is InChI=1S/C16H19N3O6/c1-4-7-25-12-6-5-10(19(22)23)8-11(12)14-13(15(20)24-3)9(2)17-16(21)18-14/h5-6,8,14H,4,7H2,1-3H3,(H2,17,18,21)/t14-/m1/s1. The van der Waals surface area contributed by atoms with Crippen molar-refractivity contribution in [2.45, 2.75) is 26.3 Å². The molecular formula is C16H19N3O6. The second kappa shape index (κ2) is 7.65. The quantitative estimate of drug-likeness (QED) is 0.461. The van der Waals surface area contributed by atoms with Crippen molar-refractivity contribution in [1.29, 1.82) is 0 Å². The summed E-state index contributed by atoms with van der Waals surface area (Å²) >= 11 is 0. The number of ether oxygens (including phenoxy) is 2. The molecule has 1 aromatic rings. The number of nitro groups is 1. The molecule has 1 heterocycles. The van der Waals surface area contributed by atoms with Gasteiger partial charge >= 0.3 is 12.0 Å². The second-order valence-corrected chi connectivity index (χ2v) is 5.39. The summed E-state index contributed by atoms with van der Waals surface area (Å²) < 4.78 is 10.4. The van der Waals surface area contributed by atoms with Gasteiger partial charge in [-0.05, 0) is 19.4 Å². The van der Waals surface area contributed by atoms with Gasteiger partial charge in [0, 0.05) is 23.4 Å². The van der Waals surface area contributed by atoms with E-state index in [2.05, 4.69) is 10.6 Å². The highest BCUT2D eigenvalue weighted by Crippen LogP contribution is 2.36. The highest BCUT2D eigenvalue weighted by atomic mass is 16.6. The van der Waals surface area contributed by atoms with Crippen molar-refractivity contribution in [2.24, 2.45) is 0 Å². The van der Waals surface area contributed by atoms with E-state index in [1.165, 1.54) is 25.3 Å². The zero-order valence-corrected chi connectivity index (χ0v) is 14.1. The summed E-state index contributed by atoms with van der Waals surface area (Å²) in [5, 5.41) is 16.2. The van der Waals surface area contributed by atoms with E-state index in [4.69, 9.17) is 9.47 Å². The zero-order valence-electron chi connectivity index (χ0n) is 14.1. The molecule has 0 fully saturated rings. The number of hydrogen-bond acceptors (Lipinski definition) is 6. The minimum Gasteiger partial charge on any atom is -0.493 e. The molecule has 134 valence electrons. The maximum Gasteiger partial charge on any atom is 0.337 e. The third kappa shape index (κ3) is 3.87. The number of allylic oxidation sites excluding steroid dienone is 1. The van der Waals surface area contributed by atoms with Gasteiger partial charge in [0.15, 0.2) is 0 Å². The third-order valence-corrected chi connectivity index (χ3v) is 3.65. The Kier molecular flexibility index (Phi) is 5.58. The predicted molar refractivity (Wildman–Crippen MR) is 88.0 cm³/mol. The lowest BCUT2D eigenvalue weighted by Gasteiger charge is -2.28. The number of carbonyl (C=O) groups is 2. The van der Waals surface area contributed by atoms with Gasteiger partial charge in [0.25, 0.3) is 5.69 Å². The van der Waals surface area contributed by atoms with Gasteiger partial charge in [-0.1, -0.05) is 6.92 Å². The van der Waals surface area contributed by atoms with Gasteiger partial charge in [-0.25, -0.2) is 9.59 Å².